The molecule has 1 amide bonds. The van der Waals surface area contributed by atoms with Crippen LogP contribution in [0.4, 0.5) is 0 Å². The Morgan fingerprint density at radius 3 is 2.12 bits per heavy atom. The van der Waals surface area contributed by atoms with Crippen molar-refractivity contribution in [2.24, 2.45) is 0 Å². The van der Waals surface area contributed by atoms with Gasteiger partial charge in [-0.2, -0.15) is 5.10 Å². The van der Waals surface area contributed by atoms with Crippen LogP contribution in [0.15, 0.2) is 0 Å². The second-order valence-corrected chi connectivity index (χ2v) is 4.60. The summed E-state index contributed by atoms with van der Waals surface area (Å²) in [7, 11) is 0. The van der Waals surface area contributed by atoms with Gasteiger partial charge in [-0.3, -0.25) is 9.89 Å². The van der Waals surface area contributed by atoms with Gasteiger partial charge in [-0.15, -0.1) is 0 Å². The fraction of sp³-hybridized carbons (Fsp3) is 0.692. The van der Waals surface area contributed by atoms with E-state index in [1.807, 2.05) is 13.8 Å². The second kappa shape index (κ2) is 5.34. The van der Waals surface area contributed by atoms with Gasteiger partial charge in [0.15, 0.2) is 0 Å². The number of rotatable bonds is 5. The van der Waals surface area contributed by atoms with Crippen LogP contribution in [0.25, 0.3) is 0 Å². The summed E-state index contributed by atoms with van der Waals surface area (Å²) in [6, 6.07) is 0. The van der Waals surface area contributed by atoms with Gasteiger partial charge in [0.25, 0.3) is 5.91 Å². The molecule has 0 radical (unpaired) electrons. The summed E-state index contributed by atoms with van der Waals surface area (Å²) in [5.41, 5.74) is 2.19. The Balaban J connectivity index is 2.92. The van der Waals surface area contributed by atoms with Crippen LogP contribution in [0.2, 0.25) is 0 Å². The van der Waals surface area contributed by atoms with Gasteiger partial charge in [0, 0.05) is 11.2 Å². The second-order valence-electron chi connectivity index (χ2n) is 4.60. The first-order chi connectivity index (χ1) is 7.99. The molecule has 1 aromatic heterocycles. The number of carbonyl (C=O) groups is 1. The molecule has 0 bridgehead atoms. The van der Waals surface area contributed by atoms with Crippen molar-refractivity contribution < 1.29 is 4.79 Å². The minimum Gasteiger partial charge on any atom is -0.347 e. The molecule has 1 rings (SSSR count). The zero-order valence-corrected chi connectivity index (χ0v) is 11.5. The molecule has 0 aliphatic heterocycles. The fourth-order valence-electron chi connectivity index (χ4n) is 2.20. The van der Waals surface area contributed by atoms with Crippen LogP contribution in [-0.4, -0.2) is 21.6 Å². The van der Waals surface area contributed by atoms with Crippen molar-refractivity contribution in [3.63, 3.8) is 0 Å². The summed E-state index contributed by atoms with van der Waals surface area (Å²) in [5.74, 6) is -0.0145. The molecule has 17 heavy (non-hydrogen) atoms. The lowest BCUT2D eigenvalue weighted by Gasteiger charge is -2.31. The Morgan fingerprint density at radius 2 is 1.76 bits per heavy atom. The third-order valence-electron chi connectivity index (χ3n) is 3.76. The van der Waals surface area contributed by atoms with Crippen LogP contribution in [-0.2, 0) is 0 Å². The van der Waals surface area contributed by atoms with Gasteiger partial charge in [-0.1, -0.05) is 20.8 Å². The van der Waals surface area contributed by atoms with Crippen LogP contribution < -0.4 is 5.32 Å². The van der Waals surface area contributed by atoms with E-state index in [1.54, 1.807) is 0 Å². The van der Waals surface area contributed by atoms with E-state index in [2.05, 4.69) is 36.3 Å². The molecule has 2 N–H and O–H groups in total. The molecule has 0 saturated carbocycles. The zero-order chi connectivity index (χ0) is 13.1. The largest absolute Gasteiger partial charge is 0.347 e. The highest BCUT2D eigenvalue weighted by atomic mass is 16.1. The zero-order valence-electron chi connectivity index (χ0n) is 11.5. The maximum Gasteiger partial charge on any atom is 0.255 e. The summed E-state index contributed by atoms with van der Waals surface area (Å²) >= 11 is 0. The third kappa shape index (κ3) is 2.68. The average molecular weight is 237 g/mol. The molecule has 96 valence electrons. The summed E-state index contributed by atoms with van der Waals surface area (Å²) in [5, 5.41) is 10.1. The summed E-state index contributed by atoms with van der Waals surface area (Å²) in [4.78, 5) is 12.3. The number of H-pyrrole nitrogens is 1. The van der Waals surface area contributed by atoms with Crippen LogP contribution in [0.5, 0.6) is 0 Å². The van der Waals surface area contributed by atoms with E-state index in [0.717, 1.165) is 30.7 Å². The first-order valence-corrected chi connectivity index (χ1v) is 6.33. The van der Waals surface area contributed by atoms with Crippen LogP contribution >= 0.6 is 0 Å². The molecule has 0 atom stereocenters. The number of carbonyl (C=O) groups excluding carboxylic acids is 1. The topological polar surface area (TPSA) is 57.8 Å². The van der Waals surface area contributed by atoms with E-state index < -0.39 is 0 Å². The van der Waals surface area contributed by atoms with Crippen molar-refractivity contribution in [1.29, 1.82) is 0 Å². The Bertz CT molecular complexity index is 364. The van der Waals surface area contributed by atoms with Gasteiger partial charge in [-0.05, 0) is 33.1 Å². The lowest BCUT2D eigenvalue weighted by molar-refractivity contribution is 0.0887. The molecule has 4 heteroatoms. The fourth-order valence-corrected chi connectivity index (χ4v) is 2.20. The van der Waals surface area contributed by atoms with Crippen molar-refractivity contribution in [3.8, 4) is 0 Å². The SMILES string of the molecule is CCC(CC)(CC)NC(=O)c1c(C)n[nH]c1C. The van der Waals surface area contributed by atoms with Crippen molar-refractivity contribution in [2.45, 2.75) is 59.4 Å². The molecule has 0 saturated heterocycles. The molecular weight excluding hydrogens is 214 g/mol. The summed E-state index contributed by atoms with van der Waals surface area (Å²) in [6.07, 6.45) is 2.84. The predicted octanol–water partition coefficient (Wildman–Crippen LogP) is 2.73. The number of hydrogen-bond acceptors (Lipinski definition) is 2. The van der Waals surface area contributed by atoms with Gasteiger partial charge < -0.3 is 5.32 Å². The van der Waals surface area contributed by atoms with Crippen molar-refractivity contribution in [3.05, 3.63) is 17.0 Å². The summed E-state index contributed by atoms with van der Waals surface area (Å²) < 4.78 is 0. The quantitative estimate of drug-likeness (QED) is 0.827. The number of aromatic amines is 1. The Kier molecular flexibility index (Phi) is 4.32. The highest BCUT2D eigenvalue weighted by molar-refractivity contribution is 5.96. The lowest BCUT2D eigenvalue weighted by Crippen LogP contribution is -2.47. The first-order valence-electron chi connectivity index (χ1n) is 6.33. The maximum atomic E-state index is 12.3. The van der Waals surface area contributed by atoms with E-state index in [-0.39, 0.29) is 11.4 Å². The van der Waals surface area contributed by atoms with Gasteiger partial charge in [0.2, 0.25) is 0 Å². The third-order valence-corrected chi connectivity index (χ3v) is 3.76. The minimum absolute atomic E-state index is 0.0145. The van der Waals surface area contributed by atoms with E-state index in [0.29, 0.717) is 5.56 Å². The van der Waals surface area contributed by atoms with Crippen molar-refractivity contribution in [1.82, 2.24) is 15.5 Å². The van der Waals surface area contributed by atoms with Crippen LogP contribution in [0.3, 0.4) is 0 Å². The Hall–Kier alpha value is -1.32. The molecule has 1 aromatic rings. The number of nitrogens with one attached hydrogen (secondary N) is 2. The number of amides is 1. The van der Waals surface area contributed by atoms with E-state index >= 15 is 0 Å². The van der Waals surface area contributed by atoms with Crippen molar-refractivity contribution in [2.75, 3.05) is 0 Å². The molecule has 0 aliphatic rings. The van der Waals surface area contributed by atoms with Crippen LogP contribution in [0, 0.1) is 13.8 Å². The molecule has 0 fully saturated rings. The molecule has 0 aromatic carbocycles. The van der Waals surface area contributed by atoms with E-state index in [4.69, 9.17) is 0 Å². The van der Waals surface area contributed by atoms with Gasteiger partial charge in [0.05, 0.1) is 11.3 Å². The van der Waals surface area contributed by atoms with Gasteiger partial charge in [0.1, 0.15) is 0 Å². The van der Waals surface area contributed by atoms with E-state index in [1.165, 1.54) is 0 Å². The standard InChI is InChI=1S/C13H23N3O/c1-6-13(7-2,8-3)14-12(17)11-9(4)15-16-10(11)5/h6-8H2,1-5H3,(H,14,17)(H,15,16). The Morgan fingerprint density at radius 1 is 1.24 bits per heavy atom. The monoisotopic (exact) mass is 237 g/mol. The normalized spacial score (nSPS) is 11.6. The number of nitrogens with zero attached hydrogens (tertiary/aromatic N) is 1. The van der Waals surface area contributed by atoms with Crippen LogP contribution in [0.1, 0.15) is 61.8 Å². The molecule has 4 nitrogen and oxygen atoms in total. The molecule has 1 heterocycles. The minimum atomic E-state index is -0.0900. The molecule has 0 aliphatic carbocycles. The number of aryl methyl sites for hydroxylation is 2. The molecule has 0 unspecified atom stereocenters. The van der Waals surface area contributed by atoms with E-state index in [9.17, 15) is 4.79 Å². The predicted molar refractivity (Wildman–Crippen MR) is 69.1 cm³/mol. The van der Waals surface area contributed by atoms with Gasteiger partial charge >= 0.3 is 0 Å². The molecule has 0 spiro atoms. The maximum absolute atomic E-state index is 12.3. The lowest BCUT2D eigenvalue weighted by atomic mass is 9.89. The average Bonchev–Trinajstić information content (AvgIpc) is 2.66. The Labute approximate surface area is 103 Å². The molecular formula is C13H23N3O. The highest BCUT2D eigenvalue weighted by Crippen LogP contribution is 2.21. The number of hydrogen-bond donors (Lipinski definition) is 2. The number of aromatic nitrogens is 2. The first kappa shape index (κ1) is 13.7. The van der Waals surface area contributed by atoms with Crippen molar-refractivity contribution >= 4 is 5.91 Å². The van der Waals surface area contributed by atoms with Gasteiger partial charge in [-0.25, -0.2) is 0 Å². The summed E-state index contributed by atoms with van der Waals surface area (Å²) in [6.45, 7) is 10.1. The highest BCUT2D eigenvalue weighted by Gasteiger charge is 2.28. The smallest absolute Gasteiger partial charge is 0.255 e.